The number of fused-ring (bicyclic) bond motifs is 1. The number of hydrogen-bond acceptors (Lipinski definition) is 2. The van der Waals surface area contributed by atoms with E-state index in [2.05, 4.69) is 11.1 Å². The number of aliphatic hydroxyl groups excluding tert-OH is 1. The molecule has 1 aliphatic rings. The monoisotopic (exact) mass is 258 g/mol. The van der Waals surface area contributed by atoms with E-state index >= 15 is 0 Å². The quantitative estimate of drug-likeness (QED) is 0.885. The Morgan fingerprint density at radius 3 is 3.05 bits per heavy atom. The van der Waals surface area contributed by atoms with E-state index in [0.717, 1.165) is 18.4 Å². The summed E-state index contributed by atoms with van der Waals surface area (Å²) in [4.78, 5) is 16.6. The molecule has 4 heteroatoms. The standard InChI is InChI=1S/C15H18N2O2/c18-14-6-3-7-15(19)17(14)9-8-11-10-16-13-5-2-1-4-12(11)13/h1-2,4-5,10,14,16,18H,3,6-9H2. The first-order valence-electron chi connectivity index (χ1n) is 6.78. The highest BCUT2D eigenvalue weighted by Gasteiger charge is 2.25. The summed E-state index contributed by atoms with van der Waals surface area (Å²) >= 11 is 0. The van der Waals surface area contributed by atoms with E-state index in [4.69, 9.17) is 0 Å². The zero-order valence-electron chi connectivity index (χ0n) is 10.8. The molecule has 0 spiro atoms. The van der Waals surface area contributed by atoms with Gasteiger partial charge in [-0.25, -0.2) is 0 Å². The smallest absolute Gasteiger partial charge is 0.224 e. The molecule has 3 rings (SSSR count). The van der Waals surface area contributed by atoms with Gasteiger partial charge in [-0.15, -0.1) is 0 Å². The molecule has 1 aliphatic heterocycles. The van der Waals surface area contributed by atoms with Gasteiger partial charge in [0.25, 0.3) is 0 Å². The van der Waals surface area contributed by atoms with Crippen molar-refractivity contribution in [2.75, 3.05) is 6.54 Å². The van der Waals surface area contributed by atoms with Gasteiger partial charge in [0.2, 0.25) is 5.91 Å². The van der Waals surface area contributed by atoms with E-state index in [9.17, 15) is 9.90 Å². The van der Waals surface area contributed by atoms with Crippen LogP contribution in [-0.4, -0.2) is 33.7 Å². The second kappa shape index (κ2) is 5.05. The van der Waals surface area contributed by atoms with Crippen LogP contribution < -0.4 is 0 Å². The molecule has 100 valence electrons. The molecule has 19 heavy (non-hydrogen) atoms. The van der Waals surface area contributed by atoms with Crippen LogP contribution in [0.4, 0.5) is 0 Å². The summed E-state index contributed by atoms with van der Waals surface area (Å²) in [6.07, 6.45) is 4.21. The number of amides is 1. The molecular formula is C15H18N2O2. The van der Waals surface area contributed by atoms with Crippen LogP contribution in [0.5, 0.6) is 0 Å². The van der Waals surface area contributed by atoms with E-state index in [0.29, 0.717) is 19.4 Å². The summed E-state index contributed by atoms with van der Waals surface area (Å²) in [7, 11) is 0. The number of nitrogens with zero attached hydrogens (tertiary/aromatic N) is 1. The van der Waals surface area contributed by atoms with Gasteiger partial charge < -0.3 is 15.0 Å². The number of likely N-dealkylation sites (tertiary alicyclic amines) is 1. The molecule has 4 nitrogen and oxygen atoms in total. The van der Waals surface area contributed by atoms with Crippen molar-refractivity contribution in [2.24, 2.45) is 0 Å². The van der Waals surface area contributed by atoms with E-state index in [1.807, 2.05) is 24.4 Å². The van der Waals surface area contributed by atoms with Crippen molar-refractivity contribution in [3.63, 3.8) is 0 Å². The SMILES string of the molecule is O=C1CCCC(O)N1CCc1c[nH]c2ccccc12. The van der Waals surface area contributed by atoms with E-state index < -0.39 is 6.23 Å². The fourth-order valence-corrected chi connectivity index (χ4v) is 2.75. The first kappa shape index (κ1) is 12.2. The lowest BCUT2D eigenvalue weighted by Crippen LogP contribution is -2.44. The molecule has 1 unspecified atom stereocenters. The minimum atomic E-state index is -0.605. The number of aromatic amines is 1. The first-order chi connectivity index (χ1) is 9.25. The number of nitrogens with one attached hydrogen (secondary N) is 1. The van der Waals surface area contributed by atoms with Crippen molar-refractivity contribution in [2.45, 2.75) is 31.9 Å². The van der Waals surface area contributed by atoms with Gasteiger partial charge in [0, 0.05) is 30.1 Å². The topological polar surface area (TPSA) is 56.3 Å². The van der Waals surface area contributed by atoms with Crippen LogP contribution in [0.25, 0.3) is 10.9 Å². The molecule has 2 heterocycles. The molecule has 1 aromatic heterocycles. The minimum Gasteiger partial charge on any atom is -0.374 e. The number of para-hydroxylation sites is 1. The number of H-pyrrole nitrogens is 1. The average Bonchev–Trinajstić information content (AvgIpc) is 2.82. The van der Waals surface area contributed by atoms with Crippen LogP contribution in [-0.2, 0) is 11.2 Å². The summed E-state index contributed by atoms with van der Waals surface area (Å²) in [5.74, 6) is 0.0681. The molecule has 1 saturated heterocycles. The highest BCUT2D eigenvalue weighted by Crippen LogP contribution is 2.20. The Hall–Kier alpha value is -1.81. The normalized spacial score (nSPS) is 20.2. The van der Waals surface area contributed by atoms with Crippen molar-refractivity contribution in [1.29, 1.82) is 0 Å². The number of benzene rings is 1. The van der Waals surface area contributed by atoms with E-state index in [-0.39, 0.29) is 5.91 Å². The lowest BCUT2D eigenvalue weighted by atomic mass is 10.1. The number of aromatic nitrogens is 1. The van der Waals surface area contributed by atoms with Crippen molar-refractivity contribution in [1.82, 2.24) is 9.88 Å². The van der Waals surface area contributed by atoms with Gasteiger partial charge >= 0.3 is 0 Å². The van der Waals surface area contributed by atoms with Crippen molar-refractivity contribution >= 4 is 16.8 Å². The Bertz CT molecular complexity index is 591. The maximum absolute atomic E-state index is 11.8. The summed E-state index contributed by atoms with van der Waals surface area (Å²) in [6.45, 7) is 0.585. The molecule has 1 amide bonds. The van der Waals surface area contributed by atoms with Crippen LogP contribution >= 0.6 is 0 Å². The number of rotatable bonds is 3. The Morgan fingerprint density at radius 1 is 1.37 bits per heavy atom. The second-order valence-corrected chi connectivity index (χ2v) is 5.07. The zero-order valence-corrected chi connectivity index (χ0v) is 10.8. The Labute approximate surface area is 112 Å². The van der Waals surface area contributed by atoms with Gasteiger partial charge in [0.15, 0.2) is 0 Å². The predicted octanol–water partition coefficient (Wildman–Crippen LogP) is 2.04. The number of piperidine rings is 1. The van der Waals surface area contributed by atoms with Gasteiger partial charge in [-0.3, -0.25) is 4.79 Å². The van der Waals surface area contributed by atoms with E-state index in [1.54, 1.807) is 4.90 Å². The fourth-order valence-electron chi connectivity index (χ4n) is 2.75. The molecule has 0 aliphatic carbocycles. The third-order valence-electron chi connectivity index (χ3n) is 3.83. The summed E-state index contributed by atoms with van der Waals surface area (Å²) in [6, 6.07) is 8.14. The molecule has 1 aromatic carbocycles. The average molecular weight is 258 g/mol. The summed E-state index contributed by atoms with van der Waals surface area (Å²) in [5.41, 5.74) is 2.31. The first-order valence-corrected chi connectivity index (χ1v) is 6.78. The Balaban J connectivity index is 1.73. The van der Waals surface area contributed by atoms with Crippen molar-refractivity contribution < 1.29 is 9.90 Å². The molecular weight excluding hydrogens is 240 g/mol. The highest BCUT2D eigenvalue weighted by atomic mass is 16.3. The number of hydrogen-bond donors (Lipinski definition) is 2. The third kappa shape index (κ3) is 2.36. The van der Waals surface area contributed by atoms with Crippen LogP contribution in [0.15, 0.2) is 30.5 Å². The van der Waals surface area contributed by atoms with Crippen molar-refractivity contribution in [3.8, 4) is 0 Å². The minimum absolute atomic E-state index is 0.0681. The summed E-state index contributed by atoms with van der Waals surface area (Å²) < 4.78 is 0. The highest BCUT2D eigenvalue weighted by molar-refractivity contribution is 5.83. The molecule has 0 radical (unpaired) electrons. The maximum atomic E-state index is 11.8. The third-order valence-corrected chi connectivity index (χ3v) is 3.83. The van der Waals surface area contributed by atoms with Crippen LogP contribution in [0.1, 0.15) is 24.8 Å². The summed E-state index contributed by atoms with van der Waals surface area (Å²) in [5, 5.41) is 11.1. The van der Waals surface area contributed by atoms with Gasteiger partial charge in [-0.2, -0.15) is 0 Å². The van der Waals surface area contributed by atoms with Crippen molar-refractivity contribution in [3.05, 3.63) is 36.0 Å². The van der Waals surface area contributed by atoms with Gasteiger partial charge in [-0.05, 0) is 30.9 Å². The van der Waals surface area contributed by atoms with Crippen LogP contribution in [0, 0.1) is 0 Å². The molecule has 1 fully saturated rings. The van der Waals surface area contributed by atoms with E-state index in [1.165, 1.54) is 10.9 Å². The lowest BCUT2D eigenvalue weighted by molar-refractivity contribution is -0.146. The molecule has 1 atom stereocenters. The Kier molecular flexibility index (Phi) is 3.25. The maximum Gasteiger partial charge on any atom is 0.224 e. The molecule has 0 bridgehead atoms. The fraction of sp³-hybridized carbons (Fsp3) is 0.400. The number of aliphatic hydroxyl groups is 1. The molecule has 2 aromatic rings. The van der Waals surface area contributed by atoms with Crippen LogP contribution in [0.2, 0.25) is 0 Å². The second-order valence-electron chi connectivity index (χ2n) is 5.07. The van der Waals surface area contributed by atoms with Gasteiger partial charge in [-0.1, -0.05) is 18.2 Å². The largest absolute Gasteiger partial charge is 0.374 e. The van der Waals surface area contributed by atoms with Gasteiger partial charge in [0.1, 0.15) is 6.23 Å². The molecule has 2 N–H and O–H groups in total. The lowest BCUT2D eigenvalue weighted by Gasteiger charge is -2.32. The zero-order chi connectivity index (χ0) is 13.2. The molecule has 0 saturated carbocycles. The number of carbonyl (C=O) groups is 1. The van der Waals surface area contributed by atoms with Gasteiger partial charge in [0.05, 0.1) is 0 Å². The predicted molar refractivity (Wildman–Crippen MR) is 73.6 cm³/mol. The number of carbonyl (C=O) groups excluding carboxylic acids is 1. The van der Waals surface area contributed by atoms with Crippen LogP contribution in [0.3, 0.4) is 0 Å². The Morgan fingerprint density at radius 2 is 2.21 bits per heavy atom.